The van der Waals surface area contributed by atoms with Gasteiger partial charge in [-0.05, 0) is 32.0 Å². The van der Waals surface area contributed by atoms with Gasteiger partial charge < -0.3 is 10.5 Å². The Kier molecular flexibility index (Phi) is 4.04. The van der Waals surface area contributed by atoms with Crippen molar-refractivity contribution in [1.29, 1.82) is 0 Å². The van der Waals surface area contributed by atoms with Crippen LogP contribution in [0.25, 0.3) is 0 Å². The lowest BCUT2D eigenvalue weighted by Crippen LogP contribution is -2.15. The molecule has 0 fully saturated rings. The van der Waals surface area contributed by atoms with Gasteiger partial charge in [0.2, 0.25) is 0 Å². The van der Waals surface area contributed by atoms with E-state index in [1.807, 2.05) is 0 Å². The molecule has 0 aliphatic rings. The van der Waals surface area contributed by atoms with Crippen molar-refractivity contribution in [1.82, 2.24) is 4.98 Å². The van der Waals surface area contributed by atoms with Crippen molar-refractivity contribution in [3.63, 3.8) is 0 Å². The lowest BCUT2D eigenvalue weighted by Gasteiger charge is -2.12. The highest BCUT2D eigenvalue weighted by Crippen LogP contribution is 2.31. The van der Waals surface area contributed by atoms with Crippen LogP contribution in [0.5, 0.6) is 11.5 Å². The van der Waals surface area contributed by atoms with Gasteiger partial charge in [-0.15, -0.1) is 0 Å². The molecule has 0 spiro atoms. The zero-order chi connectivity index (χ0) is 14.9. The molecule has 0 aliphatic carbocycles. The van der Waals surface area contributed by atoms with Gasteiger partial charge in [0.15, 0.2) is 11.6 Å². The molecule has 1 amide bonds. The van der Waals surface area contributed by atoms with E-state index in [0.29, 0.717) is 15.9 Å². The Morgan fingerprint density at radius 2 is 2.00 bits per heavy atom. The minimum atomic E-state index is -0.666. The van der Waals surface area contributed by atoms with Crippen molar-refractivity contribution in [3.8, 4) is 11.5 Å². The number of hydrogen-bond acceptors (Lipinski definition) is 3. The Hall–Kier alpha value is -1.95. The Balaban J connectivity index is 2.53. The predicted octanol–water partition coefficient (Wildman–Crippen LogP) is 3.49. The zero-order valence-corrected chi connectivity index (χ0v) is 12.5. The summed E-state index contributed by atoms with van der Waals surface area (Å²) in [5.74, 6) is -0.998. The number of carbonyl (C=O) groups is 1. The average Bonchev–Trinajstić information content (AvgIpc) is 2.32. The minimum absolute atomic E-state index is 0.00637. The highest BCUT2D eigenvalue weighted by molar-refractivity contribution is 9.10. The number of carbonyl (C=O) groups excluding carboxylic acids is 1. The van der Waals surface area contributed by atoms with Crippen LogP contribution in [0.2, 0.25) is 0 Å². The van der Waals surface area contributed by atoms with Crippen molar-refractivity contribution in [2.45, 2.75) is 13.8 Å². The lowest BCUT2D eigenvalue weighted by atomic mass is 10.1. The van der Waals surface area contributed by atoms with E-state index in [9.17, 15) is 9.18 Å². The summed E-state index contributed by atoms with van der Waals surface area (Å²) in [5.41, 5.74) is 6.57. The molecule has 1 aromatic carbocycles. The third-order valence-electron chi connectivity index (χ3n) is 2.65. The SMILES string of the molecule is Cc1cc(Oc2cc(Br)ccc2F)c(C(N)=O)c(C)n1. The Morgan fingerprint density at radius 1 is 1.30 bits per heavy atom. The van der Waals surface area contributed by atoms with Crippen molar-refractivity contribution < 1.29 is 13.9 Å². The summed E-state index contributed by atoms with van der Waals surface area (Å²) in [6.45, 7) is 3.40. The molecule has 0 bridgehead atoms. The molecule has 6 heteroatoms. The number of primary amides is 1. The van der Waals surface area contributed by atoms with E-state index in [1.165, 1.54) is 12.1 Å². The van der Waals surface area contributed by atoms with Crippen LogP contribution in [0.15, 0.2) is 28.7 Å². The molecule has 2 rings (SSSR count). The fourth-order valence-electron chi connectivity index (χ4n) is 1.85. The molecule has 1 heterocycles. The van der Waals surface area contributed by atoms with E-state index in [1.54, 1.807) is 26.0 Å². The first-order valence-corrected chi connectivity index (χ1v) is 6.58. The molecule has 0 unspecified atom stereocenters. The van der Waals surface area contributed by atoms with Crippen LogP contribution in [0.4, 0.5) is 4.39 Å². The summed E-state index contributed by atoms with van der Waals surface area (Å²) >= 11 is 3.24. The van der Waals surface area contributed by atoms with Crippen LogP contribution < -0.4 is 10.5 Å². The molecule has 1 aromatic heterocycles. The standard InChI is InChI=1S/C14H12BrFN2O2/c1-7-5-12(13(14(17)19)8(2)18-7)20-11-6-9(15)3-4-10(11)16/h3-6H,1-2H3,(H2,17,19). The number of amides is 1. The molecule has 2 aromatic rings. The third-order valence-corrected chi connectivity index (χ3v) is 3.15. The van der Waals surface area contributed by atoms with E-state index in [4.69, 9.17) is 10.5 Å². The summed E-state index contributed by atoms with van der Waals surface area (Å²) in [4.78, 5) is 15.6. The highest BCUT2D eigenvalue weighted by atomic mass is 79.9. The number of nitrogens with two attached hydrogens (primary N) is 1. The number of aromatic nitrogens is 1. The normalized spacial score (nSPS) is 10.4. The maximum Gasteiger partial charge on any atom is 0.254 e. The van der Waals surface area contributed by atoms with Crippen LogP contribution in [0, 0.1) is 19.7 Å². The van der Waals surface area contributed by atoms with E-state index in [2.05, 4.69) is 20.9 Å². The van der Waals surface area contributed by atoms with Gasteiger partial charge in [0.05, 0.1) is 5.69 Å². The van der Waals surface area contributed by atoms with Crippen LogP contribution in [-0.2, 0) is 0 Å². The molecular weight excluding hydrogens is 327 g/mol. The van der Waals surface area contributed by atoms with Gasteiger partial charge in [-0.25, -0.2) is 4.39 Å². The number of aryl methyl sites for hydroxylation is 2. The largest absolute Gasteiger partial charge is 0.453 e. The maximum absolute atomic E-state index is 13.7. The Morgan fingerprint density at radius 3 is 2.65 bits per heavy atom. The second-order valence-corrected chi connectivity index (χ2v) is 5.18. The number of ether oxygens (including phenoxy) is 1. The molecule has 0 atom stereocenters. The third kappa shape index (κ3) is 2.96. The molecule has 104 valence electrons. The van der Waals surface area contributed by atoms with Crippen molar-refractivity contribution in [2.24, 2.45) is 5.73 Å². The molecule has 0 radical (unpaired) electrons. The summed E-state index contributed by atoms with van der Waals surface area (Å²) in [6, 6.07) is 5.85. The van der Waals surface area contributed by atoms with Gasteiger partial charge in [-0.3, -0.25) is 9.78 Å². The summed E-state index contributed by atoms with van der Waals surface area (Å²) in [5, 5.41) is 0. The fourth-order valence-corrected chi connectivity index (χ4v) is 2.19. The van der Waals surface area contributed by atoms with Crippen molar-refractivity contribution in [3.05, 3.63) is 51.5 Å². The van der Waals surface area contributed by atoms with E-state index in [0.717, 1.165) is 0 Å². The molecule has 0 saturated carbocycles. The van der Waals surface area contributed by atoms with Crippen LogP contribution >= 0.6 is 15.9 Å². The molecule has 0 aliphatic heterocycles. The van der Waals surface area contributed by atoms with E-state index in [-0.39, 0.29) is 17.1 Å². The zero-order valence-electron chi connectivity index (χ0n) is 10.9. The highest BCUT2D eigenvalue weighted by Gasteiger charge is 2.17. The summed E-state index contributed by atoms with van der Waals surface area (Å²) in [7, 11) is 0. The number of benzene rings is 1. The molecule has 2 N–H and O–H groups in total. The number of hydrogen-bond donors (Lipinski definition) is 1. The van der Waals surface area contributed by atoms with Gasteiger partial charge in [-0.1, -0.05) is 15.9 Å². The van der Waals surface area contributed by atoms with E-state index < -0.39 is 11.7 Å². The Bertz CT molecular complexity index is 689. The topological polar surface area (TPSA) is 65.2 Å². The maximum atomic E-state index is 13.7. The van der Waals surface area contributed by atoms with Crippen LogP contribution in [-0.4, -0.2) is 10.9 Å². The van der Waals surface area contributed by atoms with E-state index >= 15 is 0 Å². The summed E-state index contributed by atoms with van der Waals surface area (Å²) < 4.78 is 19.9. The first-order valence-electron chi connectivity index (χ1n) is 5.79. The number of nitrogens with zero attached hydrogens (tertiary/aromatic N) is 1. The second kappa shape index (κ2) is 5.58. The molecule has 0 saturated heterocycles. The van der Waals surface area contributed by atoms with Gasteiger partial charge in [0, 0.05) is 16.2 Å². The number of pyridine rings is 1. The quantitative estimate of drug-likeness (QED) is 0.931. The predicted molar refractivity (Wildman–Crippen MR) is 76.4 cm³/mol. The monoisotopic (exact) mass is 338 g/mol. The first kappa shape index (κ1) is 14.5. The number of rotatable bonds is 3. The molecule has 20 heavy (non-hydrogen) atoms. The van der Waals surface area contributed by atoms with Crippen molar-refractivity contribution in [2.75, 3.05) is 0 Å². The van der Waals surface area contributed by atoms with Gasteiger partial charge in [0.25, 0.3) is 5.91 Å². The fraction of sp³-hybridized carbons (Fsp3) is 0.143. The van der Waals surface area contributed by atoms with Crippen LogP contribution in [0.3, 0.4) is 0 Å². The number of halogens is 2. The van der Waals surface area contributed by atoms with Gasteiger partial charge in [-0.2, -0.15) is 0 Å². The smallest absolute Gasteiger partial charge is 0.254 e. The molecule has 4 nitrogen and oxygen atoms in total. The van der Waals surface area contributed by atoms with Crippen LogP contribution in [0.1, 0.15) is 21.7 Å². The van der Waals surface area contributed by atoms with Gasteiger partial charge >= 0.3 is 0 Å². The first-order chi connectivity index (χ1) is 9.38. The molecular formula is C14H12BrFN2O2. The minimum Gasteiger partial charge on any atom is -0.453 e. The van der Waals surface area contributed by atoms with Gasteiger partial charge in [0.1, 0.15) is 11.3 Å². The Labute approximate surface area is 123 Å². The lowest BCUT2D eigenvalue weighted by molar-refractivity contribution is 0.0997. The summed E-state index contributed by atoms with van der Waals surface area (Å²) in [6.07, 6.45) is 0. The average molecular weight is 339 g/mol. The van der Waals surface area contributed by atoms with Crippen molar-refractivity contribution >= 4 is 21.8 Å². The second-order valence-electron chi connectivity index (χ2n) is 4.26.